The highest BCUT2D eigenvalue weighted by molar-refractivity contribution is 5.28. The minimum absolute atomic E-state index is 0.0482. The van der Waals surface area contributed by atoms with Crippen molar-refractivity contribution in [2.75, 3.05) is 21.0 Å². The van der Waals surface area contributed by atoms with Crippen molar-refractivity contribution in [3.05, 3.63) is 27.3 Å². The van der Waals surface area contributed by atoms with E-state index in [1.807, 2.05) is 25.1 Å². The molecule has 0 aliphatic carbocycles. The maximum Gasteiger partial charge on any atom is 0.523 e. The minimum Gasteiger partial charge on any atom is -0.463 e. The lowest BCUT2D eigenvalue weighted by molar-refractivity contribution is -0.867. The van der Waals surface area contributed by atoms with Crippen molar-refractivity contribution < 1.29 is 39.3 Å². The normalized spacial score (nSPS) is 12.5. The van der Waals surface area contributed by atoms with E-state index in [1.165, 1.54) is 0 Å². The molecule has 0 amide bonds. The zero-order chi connectivity index (χ0) is 12.0. The van der Waals surface area contributed by atoms with Crippen LogP contribution in [0.1, 0.15) is 18.6 Å². The number of halogens is 1. The van der Waals surface area contributed by atoms with Crippen molar-refractivity contribution in [3.63, 3.8) is 0 Å². The van der Waals surface area contributed by atoms with E-state index >= 15 is 0 Å². The fraction of sp³-hybridized carbons (Fsp3) is 0.455. The van der Waals surface area contributed by atoms with Gasteiger partial charge in [0.1, 0.15) is 0 Å². The lowest BCUT2D eigenvalue weighted by Crippen LogP contribution is -3.61. The van der Waals surface area contributed by atoms with Gasteiger partial charge in [0.15, 0.2) is 12.5 Å². The third-order valence-corrected chi connectivity index (χ3v) is 3.84. The van der Waals surface area contributed by atoms with Crippen molar-refractivity contribution in [2.45, 2.75) is 13.0 Å². The van der Waals surface area contributed by atoms with E-state index in [2.05, 4.69) is 0 Å². The molecule has 1 aromatic rings. The summed E-state index contributed by atoms with van der Waals surface area (Å²) < 4.78 is 25.8. The second kappa shape index (κ2) is 7.05. The van der Waals surface area contributed by atoms with Gasteiger partial charge in [0, 0.05) is 19.8 Å². The average molecular weight is 339 g/mol. The summed E-state index contributed by atoms with van der Waals surface area (Å²) in [6.45, 7) is 2.12. The summed E-state index contributed by atoms with van der Waals surface area (Å²) in [5, 5.41) is 0. The van der Waals surface area contributed by atoms with Gasteiger partial charge in [0.25, 0.3) is 3.57 Å². The highest BCUT2D eigenvalue weighted by Gasteiger charge is 2.25. The first-order valence-electron chi connectivity index (χ1n) is 4.80. The van der Waals surface area contributed by atoms with E-state index in [-0.39, 0.29) is 12.9 Å². The van der Waals surface area contributed by atoms with E-state index in [1.54, 1.807) is 14.2 Å². The van der Waals surface area contributed by atoms with Crippen molar-refractivity contribution >= 4 is 0 Å². The van der Waals surface area contributed by atoms with E-state index in [0.717, 1.165) is 9.13 Å². The Bertz CT molecular complexity index is 330. The van der Waals surface area contributed by atoms with Gasteiger partial charge in [-0.2, -0.15) is 3.44 Å². The van der Waals surface area contributed by atoms with Gasteiger partial charge in [-0.05, 0) is 13.0 Å². The number of methoxy groups -OCH3 is 2. The molecule has 0 bridgehead atoms. The van der Waals surface area contributed by atoms with E-state index in [4.69, 9.17) is 14.2 Å². The molecule has 0 saturated carbocycles. The quantitative estimate of drug-likeness (QED) is 0.509. The standard InChI is InChI=1S/C11H16IO4/c1-8(15-3)9-5-4-6-10(11(9)12-13)16-7-14-2/h4-6,8,13H,7H2,1-3H3/q+1/t8-/m0/s1. The molecule has 0 aliphatic heterocycles. The van der Waals surface area contributed by atoms with Gasteiger partial charge in [-0.15, -0.1) is 0 Å². The third kappa shape index (κ3) is 3.31. The molecule has 4 nitrogen and oxygen atoms in total. The van der Waals surface area contributed by atoms with Gasteiger partial charge in [0.2, 0.25) is 0 Å². The van der Waals surface area contributed by atoms with Crippen molar-refractivity contribution in [1.29, 1.82) is 0 Å². The first-order valence-corrected chi connectivity index (χ1v) is 6.85. The molecule has 0 radical (unpaired) electrons. The fourth-order valence-corrected chi connectivity index (χ4v) is 2.76. The van der Waals surface area contributed by atoms with Crippen LogP contribution < -0.4 is 26.4 Å². The Balaban J connectivity index is 3.00. The molecule has 1 atom stereocenters. The summed E-state index contributed by atoms with van der Waals surface area (Å²) in [6.07, 6.45) is -0.0482. The van der Waals surface area contributed by atoms with E-state index in [0.29, 0.717) is 5.75 Å². The molecule has 5 heteroatoms. The van der Waals surface area contributed by atoms with Crippen LogP contribution in [0.25, 0.3) is 0 Å². The molecule has 0 heterocycles. The summed E-state index contributed by atoms with van der Waals surface area (Å²) in [6, 6.07) is 5.66. The Labute approximate surface area is 106 Å². The second-order valence-electron chi connectivity index (χ2n) is 3.17. The largest absolute Gasteiger partial charge is 0.523 e. The SMILES string of the molecule is COCOc1cccc([C@H](C)OC)c1[I+]O. The van der Waals surface area contributed by atoms with Crippen LogP contribution >= 0.6 is 0 Å². The average Bonchev–Trinajstić information content (AvgIpc) is 2.34. The van der Waals surface area contributed by atoms with E-state index in [9.17, 15) is 3.44 Å². The van der Waals surface area contributed by atoms with Crippen LogP contribution in [0.2, 0.25) is 0 Å². The molecule has 0 fully saturated rings. The molecule has 0 unspecified atom stereocenters. The van der Waals surface area contributed by atoms with Crippen LogP contribution in [0.15, 0.2) is 18.2 Å². The minimum atomic E-state index is -1.05. The highest BCUT2D eigenvalue weighted by atomic mass is 127. The number of hydrogen-bond acceptors (Lipinski definition) is 4. The first-order chi connectivity index (χ1) is 7.74. The van der Waals surface area contributed by atoms with Crippen LogP contribution in [0.3, 0.4) is 0 Å². The van der Waals surface area contributed by atoms with Gasteiger partial charge in [-0.3, -0.25) is 0 Å². The van der Waals surface area contributed by atoms with Gasteiger partial charge in [-0.1, -0.05) is 12.1 Å². The molecule has 0 aromatic heterocycles. The molecule has 0 aliphatic rings. The number of rotatable bonds is 6. The zero-order valence-corrected chi connectivity index (χ0v) is 11.7. The highest BCUT2D eigenvalue weighted by Crippen LogP contribution is 2.21. The van der Waals surface area contributed by atoms with Crippen molar-refractivity contribution in [1.82, 2.24) is 0 Å². The Hall–Kier alpha value is -0.370. The molecule has 90 valence electrons. The topological polar surface area (TPSA) is 47.9 Å². The van der Waals surface area contributed by atoms with Crippen LogP contribution in [-0.2, 0) is 9.47 Å². The third-order valence-electron chi connectivity index (χ3n) is 2.20. The van der Waals surface area contributed by atoms with Gasteiger partial charge in [-0.25, -0.2) is 0 Å². The van der Waals surface area contributed by atoms with Crippen LogP contribution in [0.5, 0.6) is 5.75 Å². The Morgan fingerprint density at radius 3 is 2.69 bits per heavy atom. The van der Waals surface area contributed by atoms with Crippen LogP contribution in [0.4, 0.5) is 0 Å². The molecule has 16 heavy (non-hydrogen) atoms. The molecular weight excluding hydrogens is 323 g/mol. The predicted octanol–water partition coefficient (Wildman–Crippen LogP) is -1.46. The number of benzene rings is 1. The fourth-order valence-electron chi connectivity index (χ4n) is 1.29. The van der Waals surface area contributed by atoms with Gasteiger partial charge >= 0.3 is 21.6 Å². The Kier molecular flexibility index (Phi) is 6.04. The molecule has 1 rings (SSSR count). The molecule has 1 aromatic carbocycles. The van der Waals surface area contributed by atoms with Gasteiger partial charge < -0.3 is 14.2 Å². The number of ether oxygens (including phenoxy) is 3. The Morgan fingerprint density at radius 1 is 1.38 bits per heavy atom. The monoisotopic (exact) mass is 339 g/mol. The van der Waals surface area contributed by atoms with Crippen LogP contribution in [0, 0.1) is 3.57 Å². The van der Waals surface area contributed by atoms with Crippen LogP contribution in [-0.4, -0.2) is 24.4 Å². The summed E-state index contributed by atoms with van der Waals surface area (Å²) >= 11 is -1.05. The molecular formula is C11H16IO4+. The van der Waals surface area contributed by atoms with Crippen molar-refractivity contribution in [3.8, 4) is 5.75 Å². The Morgan fingerprint density at radius 2 is 2.12 bits per heavy atom. The smallest absolute Gasteiger partial charge is 0.463 e. The summed E-state index contributed by atoms with van der Waals surface area (Å²) in [5.41, 5.74) is 0.978. The lowest BCUT2D eigenvalue weighted by Gasteiger charge is -2.11. The maximum atomic E-state index is 9.48. The second-order valence-corrected chi connectivity index (χ2v) is 4.73. The van der Waals surface area contributed by atoms with E-state index < -0.39 is 21.6 Å². The lowest BCUT2D eigenvalue weighted by atomic mass is 10.1. The summed E-state index contributed by atoms with van der Waals surface area (Å²) in [4.78, 5) is 0. The molecule has 0 spiro atoms. The zero-order valence-electron chi connectivity index (χ0n) is 9.57. The first kappa shape index (κ1) is 13.7. The molecule has 1 N–H and O–H groups in total. The van der Waals surface area contributed by atoms with Gasteiger partial charge in [0.05, 0.1) is 6.10 Å². The summed E-state index contributed by atoms with van der Waals surface area (Å²) in [7, 11) is 3.21. The van der Waals surface area contributed by atoms with Crippen molar-refractivity contribution in [2.24, 2.45) is 0 Å². The number of hydrogen-bond donors (Lipinski definition) is 1. The predicted molar refractivity (Wildman–Crippen MR) is 55.3 cm³/mol. The maximum absolute atomic E-state index is 9.48. The summed E-state index contributed by atoms with van der Waals surface area (Å²) in [5.74, 6) is 0.679. The molecule has 0 saturated heterocycles.